The van der Waals surface area contributed by atoms with Gasteiger partial charge in [-0.1, -0.05) is 67.1 Å². The molecule has 1 spiro atoms. The van der Waals surface area contributed by atoms with Crippen LogP contribution in [0.25, 0.3) is 11.4 Å². The number of para-hydroxylation sites is 1. The van der Waals surface area contributed by atoms with E-state index in [-0.39, 0.29) is 5.69 Å². The molecule has 3 aromatic rings. The molecule has 1 saturated carbocycles. The van der Waals surface area contributed by atoms with Gasteiger partial charge in [0.25, 0.3) is 0 Å². The van der Waals surface area contributed by atoms with Gasteiger partial charge in [-0.15, -0.1) is 10.2 Å². The van der Waals surface area contributed by atoms with Gasteiger partial charge in [0.1, 0.15) is 5.25 Å². The molecule has 0 saturated heterocycles. The molecular formula is C22H20F3N5OS. The molecule has 2 aromatic carbocycles. The Bertz CT molecular complexity index is 1140. The Morgan fingerprint density at radius 1 is 1.06 bits per heavy atom. The van der Waals surface area contributed by atoms with Gasteiger partial charge in [0, 0.05) is 5.56 Å². The number of fused-ring (bicyclic) bond motifs is 1. The van der Waals surface area contributed by atoms with Crippen molar-refractivity contribution in [2.75, 3.05) is 10.7 Å². The minimum Gasteiger partial charge on any atom is -0.324 e. The predicted molar refractivity (Wildman–Crippen MR) is 116 cm³/mol. The SMILES string of the molecule is O=C(Nc1ccccc1C(F)(F)F)[C@H]1Sc2nnc(-c3ccccc3)n2NC12CCCC2. The van der Waals surface area contributed by atoms with Gasteiger partial charge in [-0.3, -0.25) is 4.79 Å². The maximum atomic E-state index is 13.4. The van der Waals surface area contributed by atoms with E-state index in [4.69, 9.17) is 0 Å². The molecule has 0 unspecified atom stereocenters. The van der Waals surface area contributed by atoms with E-state index >= 15 is 0 Å². The van der Waals surface area contributed by atoms with Crippen LogP contribution in [0.5, 0.6) is 0 Å². The summed E-state index contributed by atoms with van der Waals surface area (Å²) in [6.07, 6.45) is -1.25. The van der Waals surface area contributed by atoms with Crippen LogP contribution in [0.15, 0.2) is 59.8 Å². The van der Waals surface area contributed by atoms with Crippen LogP contribution in [0.2, 0.25) is 0 Å². The lowest BCUT2D eigenvalue weighted by Crippen LogP contribution is -2.56. The molecule has 1 aliphatic carbocycles. The van der Waals surface area contributed by atoms with Crippen molar-refractivity contribution < 1.29 is 18.0 Å². The number of halogens is 3. The number of anilines is 1. The van der Waals surface area contributed by atoms with Gasteiger partial charge in [-0.25, -0.2) is 4.68 Å². The molecule has 6 nitrogen and oxygen atoms in total. The minimum atomic E-state index is -4.56. The van der Waals surface area contributed by atoms with E-state index < -0.39 is 28.4 Å². The van der Waals surface area contributed by atoms with Gasteiger partial charge in [0.05, 0.1) is 16.8 Å². The summed E-state index contributed by atoms with van der Waals surface area (Å²) in [5.74, 6) is 0.164. The average molecular weight is 459 g/mol. The fourth-order valence-corrected chi connectivity index (χ4v) is 5.66. The van der Waals surface area contributed by atoms with Crippen LogP contribution in [-0.4, -0.2) is 31.6 Å². The van der Waals surface area contributed by atoms with Crippen LogP contribution < -0.4 is 10.7 Å². The van der Waals surface area contributed by atoms with E-state index in [0.717, 1.165) is 37.3 Å². The first-order valence-corrected chi connectivity index (χ1v) is 11.2. The Morgan fingerprint density at radius 2 is 1.75 bits per heavy atom. The van der Waals surface area contributed by atoms with E-state index in [1.54, 1.807) is 4.68 Å². The van der Waals surface area contributed by atoms with Crippen molar-refractivity contribution in [3.8, 4) is 11.4 Å². The monoisotopic (exact) mass is 459 g/mol. The number of aromatic nitrogens is 3. The smallest absolute Gasteiger partial charge is 0.324 e. The summed E-state index contributed by atoms with van der Waals surface area (Å²) in [5, 5.41) is 10.9. The van der Waals surface area contributed by atoms with Crippen molar-refractivity contribution in [1.29, 1.82) is 0 Å². The Morgan fingerprint density at radius 3 is 2.47 bits per heavy atom. The van der Waals surface area contributed by atoms with Crippen LogP contribution in [0, 0.1) is 0 Å². The second-order valence-corrected chi connectivity index (χ2v) is 9.09. The van der Waals surface area contributed by atoms with Crippen LogP contribution in [0.4, 0.5) is 18.9 Å². The summed E-state index contributed by atoms with van der Waals surface area (Å²) in [6, 6.07) is 14.6. The first kappa shape index (κ1) is 20.9. The largest absolute Gasteiger partial charge is 0.418 e. The van der Waals surface area contributed by atoms with Crippen molar-refractivity contribution in [1.82, 2.24) is 14.9 Å². The number of rotatable bonds is 3. The first-order valence-electron chi connectivity index (χ1n) is 10.3. The number of nitrogens with one attached hydrogen (secondary N) is 2. The van der Waals surface area contributed by atoms with Gasteiger partial charge in [0.2, 0.25) is 11.1 Å². The molecule has 0 bridgehead atoms. The number of amides is 1. The van der Waals surface area contributed by atoms with E-state index in [2.05, 4.69) is 20.9 Å². The molecule has 1 amide bonds. The number of hydrogen-bond acceptors (Lipinski definition) is 5. The molecule has 32 heavy (non-hydrogen) atoms. The number of carbonyl (C=O) groups excluding carboxylic acids is 1. The summed E-state index contributed by atoms with van der Waals surface area (Å²) < 4.78 is 42.0. The molecule has 2 N–H and O–H groups in total. The van der Waals surface area contributed by atoms with Crippen LogP contribution in [0.3, 0.4) is 0 Å². The number of carbonyl (C=O) groups is 1. The highest BCUT2D eigenvalue weighted by molar-refractivity contribution is 8.00. The lowest BCUT2D eigenvalue weighted by molar-refractivity contribution is -0.137. The highest BCUT2D eigenvalue weighted by atomic mass is 32.2. The van der Waals surface area contributed by atoms with E-state index in [1.165, 1.54) is 30.0 Å². The molecular weight excluding hydrogens is 439 g/mol. The van der Waals surface area contributed by atoms with Crippen molar-refractivity contribution in [3.63, 3.8) is 0 Å². The third-order valence-corrected chi connectivity index (χ3v) is 7.33. The predicted octanol–water partition coefficient (Wildman–Crippen LogP) is 4.93. The second-order valence-electron chi connectivity index (χ2n) is 8.01. The Kier molecular flexibility index (Phi) is 5.11. The molecule has 5 rings (SSSR count). The Hall–Kier alpha value is -3.01. The summed E-state index contributed by atoms with van der Waals surface area (Å²) >= 11 is 1.24. The quantitative estimate of drug-likeness (QED) is 0.581. The minimum absolute atomic E-state index is 0.240. The zero-order valence-corrected chi connectivity index (χ0v) is 17.7. The topological polar surface area (TPSA) is 71.8 Å². The van der Waals surface area contributed by atoms with Crippen molar-refractivity contribution in [2.24, 2.45) is 0 Å². The van der Waals surface area contributed by atoms with Crippen molar-refractivity contribution >= 4 is 23.4 Å². The van der Waals surface area contributed by atoms with E-state index in [1.807, 2.05) is 30.3 Å². The molecule has 1 aliphatic heterocycles. The van der Waals surface area contributed by atoms with Gasteiger partial charge < -0.3 is 10.7 Å². The maximum absolute atomic E-state index is 13.4. The van der Waals surface area contributed by atoms with E-state index in [9.17, 15) is 18.0 Å². The zero-order valence-electron chi connectivity index (χ0n) is 16.9. The molecule has 2 heterocycles. The van der Waals surface area contributed by atoms with Gasteiger partial charge in [0.15, 0.2) is 5.82 Å². The fourth-order valence-electron chi connectivity index (χ4n) is 4.44. The van der Waals surface area contributed by atoms with Gasteiger partial charge in [-0.2, -0.15) is 13.2 Å². The zero-order chi connectivity index (χ0) is 22.3. The molecule has 2 aliphatic rings. The van der Waals surface area contributed by atoms with Crippen LogP contribution in [0.1, 0.15) is 31.2 Å². The van der Waals surface area contributed by atoms with Gasteiger partial charge >= 0.3 is 6.18 Å². The highest BCUT2D eigenvalue weighted by Crippen LogP contribution is 2.46. The summed E-state index contributed by atoms with van der Waals surface area (Å²) in [6.45, 7) is 0. The third kappa shape index (κ3) is 3.62. The number of benzene rings is 2. The fraction of sp³-hybridized carbons (Fsp3) is 0.318. The second kappa shape index (κ2) is 7.84. The Labute approximate surface area is 186 Å². The molecule has 0 radical (unpaired) electrons. The molecule has 1 aromatic heterocycles. The Balaban J connectivity index is 1.48. The van der Waals surface area contributed by atoms with Gasteiger partial charge in [-0.05, 0) is 25.0 Å². The number of alkyl halides is 3. The van der Waals surface area contributed by atoms with Crippen molar-refractivity contribution in [2.45, 2.75) is 47.8 Å². The lowest BCUT2D eigenvalue weighted by atomic mass is 9.92. The average Bonchev–Trinajstić information content (AvgIpc) is 3.41. The number of hydrogen-bond donors (Lipinski definition) is 2. The summed E-state index contributed by atoms with van der Waals surface area (Å²) in [4.78, 5) is 13.3. The van der Waals surface area contributed by atoms with E-state index in [0.29, 0.717) is 11.0 Å². The summed E-state index contributed by atoms with van der Waals surface area (Å²) in [5.41, 5.74) is 2.65. The molecule has 1 atom stereocenters. The first-order chi connectivity index (χ1) is 15.4. The van der Waals surface area contributed by atoms with Crippen LogP contribution in [-0.2, 0) is 11.0 Å². The number of thioether (sulfide) groups is 1. The maximum Gasteiger partial charge on any atom is 0.418 e. The van der Waals surface area contributed by atoms with Crippen molar-refractivity contribution in [3.05, 3.63) is 60.2 Å². The molecule has 1 fully saturated rings. The number of nitrogens with zero attached hydrogens (tertiary/aromatic N) is 3. The molecule has 10 heteroatoms. The third-order valence-electron chi connectivity index (χ3n) is 5.95. The highest BCUT2D eigenvalue weighted by Gasteiger charge is 2.50. The molecule has 166 valence electrons. The van der Waals surface area contributed by atoms with Crippen LogP contribution >= 0.6 is 11.8 Å². The summed E-state index contributed by atoms with van der Waals surface area (Å²) in [7, 11) is 0. The standard InChI is InChI=1S/C22H20F3N5OS/c23-22(24,25)15-10-4-5-11-16(15)26-19(31)17-21(12-6-7-13-21)29-30-18(27-28-20(30)32-17)14-8-2-1-3-9-14/h1-5,8-11,17,29H,6-7,12-13H2,(H,26,31)/t17-/m1/s1. The normalized spacial score (nSPS) is 19.4. The lowest BCUT2D eigenvalue weighted by Gasteiger charge is -2.41.